The summed E-state index contributed by atoms with van der Waals surface area (Å²) in [6.07, 6.45) is 0. The number of hydrogen-bond acceptors (Lipinski definition) is 4. The Morgan fingerprint density at radius 1 is 1.35 bits per heavy atom. The van der Waals surface area contributed by atoms with Crippen molar-refractivity contribution in [3.8, 4) is 5.75 Å². The number of halogens is 1. The molecule has 0 saturated carbocycles. The average Bonchev–Trinajstić information content (AvgIpc) is 2.19. The summed E-state index contributed by atoms with van der Waals surface area (Å²) in [5, 5.41) is 0.181. The van der Waals surface area contributed by atoms with Crippen molar-refractivity contribution in [3.05, 3.63) is 22.7 Å². The van der Waals surface area contributed by atoms with Crippen molar-refractivity contribution in [2.75, 3.05) is 12.8 Å². The van der Waals surface area contributed by atoms with Gasteiger partial charge in [0.15, 0.2) is 0 Å². The van der Waals surface area contributed by atoms with E-state index in [0.29, 0.717) is 5.75 Å². The van der Waals surface area contributed by atoms with E-state index >= 15 is 0 Å². The Morgan fingerprint density at radius 3 is 2.41 bits per heavy atom. The second-order valence-corrected chi connectivity index (χ2v) is 4.96. The molecule has 4 nitrogen and oxygen atoms in total. The molecule has 0 amide bonds. The van der Waals surface area contributed by atoms with E-state index in [9.17, 15) is 4.79 Å². The van der Waals surface area contributed by atoms with Crippen molar-refractivity contribution in [3.63, 3.8) is 0 Å². The minimum absolute atomic E-state index is 0.181. The van der Waals surface area contributed by atoms with Crippen LogP contribution in [-0.4, -0.2) is 18.7 Å². The molecule has 0 heterocycles. The first-order valence-corrected chi connectivity index (χ1v) is 5.49. The van der Waals surface area contributed by atoms with Gasteiger partial charge in [0.1, 0.15) is 11.4 Å². The molecule has 0 spiro atoms. The fourth-order valence-corrected chi connectivity index (χ4v) is 1.41. The maximum atomic E-state index is 11.9. The number of carbonyl (C=O) groups is 1. The molecule has 1 rings (SSSR count). The van der Waals surface area contributed by atoms with Gasteiger partial charge in [0.05, 0.1) is 23.4 Å². The van der Waals surface area contributed by atoms with Gasteiger partial charge in [-0.2, -0.15) is 0 Å². The highest BCUT2D eigenvalue weighted by Gasteiger charge is 2.21. The number of carbonyl (C=O) groups excluding carboxylic acids is 1. The molecule has 2 N–H and O–H groups in total. The van der Waals surface area contributed by atoms with E-state index in [2.05, 4.69) is 0 Å². The molecule has 0 unspecified atom stereocenters. The molecule has 0 aliphatic rings. The van der Waals surface area contributed by atoms with Gasteiger partial charge in [-0.25, -0.2) is 4.79 Å². The minimum atomic E-state index is -0.585. The molecule has 1 aromatic rings. The molecule has 0 aromatic heterocycles. The summed E-state index contributed by atoms with van der Waals surface area (Å²) < 4.78 is 10.2. The summed E-state index contributed by atoms with van der Waals surface area (Å²) >= 11 is 5.96. The van der Waals surface area contributed by atoms with E-state index in [1.165, 1.54) is 13.2 Å². The Morgan fingerprint density at radius 2 is 1.94 bits per heavy atom. The number of nitrogens with two attached hydrogens (primary N) is 1. The first-order valence-electron chi connectivity index (χ1n) is 5.11. The highest BCUT2D eigenvalue weighted by atomic mass is 35.5. The molecule has 5 heteroatoms. The standard InChI is InChI=1S/C12H16ClNO3/c1-12(2,3)17-11(15)8-5-7(16-4)6-9(14)10(8)13/h5-6H,14H2,1-4H3. The van der Waals surface area contributed by atoms with E-state index < -0.39 is 11.6 Å². The molecule has 0 atom stereocenters. The number of benzene rings is 1. The number of nitrogen functional groups attached to an aromatic ring is 1. The van der Waals surface area contributed by atoms with Gasteiger partial charge < -0.3 is 15.2 Å². The average molecular weight is 258 g/mol. The lowest BCUT2D eigenvalue weighted by molar-refractivity contribution is 0.00695. The number of anilines is 1. The van der Waals surface area contributed by atoms with Gasteiger partial charge in [-0.05, 0) is 26.8 Å². The van der Waals surface area contributed by atoms with Gasteiger partial charge in [0, 0.05) is 6.07 Å². The molecule has 0 bridgehead atoms. The number of ether oxygens (including phenoxy) is 2. The Labute approximate surface area is 106 Å². The van der Waals surface area contributed by atoms with Crippen molar-refractivity contribution >= 4 is 23.3 Å². The maximum absolute atomic E-state index is 11.9. The van der Waals surface area contributed by atoms with Gasteiger partial charge in [0.25, 0.3) is 0 Å². The highest BCUT2D eigenvalue weighted by molar-refractivity contribution is 6.36. The zero-order valence-corrected chi connectivity index (χ0v) is 11.1. The fourth-order valence-electron chi connectivity index (χ4n) is 1.22. The largest absolute Gasteiger partial charge is 0.497 e. The van der Waals surface area contributed by atoms with Crippen LogP contribution in [0.2, 0.25) is 5.02 Å². The van der Waals surface area contributed by atoms with Gasteiger partial charge >= 0.3 is 5.97 Å². The maximum Gasteiger partial charge on any atom is 0.340 e. The number of methoxy groups -OCH3 is 1. The third-order valence-corrected chi connectivity index (χ3v) is 2.35. The summed E-state index contributed by atoms with van der Waals surface area (Å²) in [4.78, 5) is 11.9. The van der Waals surface area contributed by atoms with Crippen LogP contribution in [0.1, 0.15) is 31.1 Å². The molecule has 0 aliphatic carbocycles. The molecule has 1 aromatic carbocycles. The van der Waals surface area contributed by atoms with Crippen LogP contribution in [-0.2, 0) is 4.74 Å². The van der Waals surface area contributed by atoms with E-state index in [1.807, 2.05) is 0 Å². The van der Waals surface area contributed by atoms with Crippen LogP contribution in [0.25, 0.3) is 0 Å². The predicted molar refractivity (Wildman–Crippen MR) is 67.6 cm³/mol. The van der Waals surface area contributed by atoms with Crippen LogP contribution in [0, 0.1) is 0 Å². The Hall–Kier alpha value is -1.42. The molecule has 94 valence electrons. The van der Waals surface area contributed by atoms with Gasteiger partial charge in [-0.3, -0.25) is 0 Å². The highest BCUT2D eigenvalue weighted by Crippen LogP contribution is 2.30. The van der Waals surface area contributed by atoms with Crippen molar-refractivity contribution in [1.29, 1.82) is 0 Å². The van der Waals surface area contributed by atoms with Crippen LogP contribution < -0.4 is 10.5 Å². The lowest BCUT2D eigenvalue weighted by atomic mass is 10.1. The molecular formula is C12H16ClNO3. The Bertz CT molecular complexity index is 438. The number of esters is 1. The van der Waals surface area contributed by atoms with Crippen molar-refractivity contribution in [2.24, 2.45) is 0 Å². The van der Waals surface area contributed by atoms with E-state index in [1.54, 1.807) is 26.8 Å². The monoisotopic (exact) mass is 257 g/mol. The lowest BCUT2D eigenvalue weighted by Gasteiger charge is -2.20. The summed E-state index contributed by atoms with van der Waals surface area (Å²) in [6, 6.07) is 3.06. The third-order valence-electron chi connectivity index (χ3n) is 1.93. The van der Waals surface area contributed by atoms with E-state index in [4.69, 9.17) is 26.8 Å². The van der Waals surface area contributed by atoms with Crippen molar-refractivity contribution in [2.45, 2.75) is 26.4 Å². The zero-order chi connectivity index (χ0) is 13.2. The van der Waals surface area contributed by atoms with Crippen LogP contribution in [0.3, 0.4) is 0 Å². The Balaban J connectivity index is 3.13. The molecule has 0 fully saturated rings. The fraction of sp³-hybridized carbons (Fsp3) is 0.417. The van der Waals surface area contributed by atoms with Gasteiger partial charge in [-0.15, -0.1) is 0 Å². The van der Waals surface area contributed by atoms with Crippen molar-refractivity contribution in [1.82, 2.24) is 0 Å². The van der Waals surface area contributed by atoms with Crippen molar-refractivity contribution < 1.29 is 14.3 Å². The third kappa shape index (κ3) is 3.53. The first-order chi connectivity index (χ1) is 7.74. The second-order valence-electron chi connectivity index (χ2n) is 4.58. The lowest BCUT2D eigenvalue weighted by Crippen LogP contribution is -2.24. The summed E-state index contributed by atoms with van der Waals surface area (Å²) in [6.45, 7) is 5.34. The van der Waals surface area contributed by atoms with Crippen LogP contribution in [0.4, 0.5) is 5.69 Å². The van der Waals surface area contributed by atoms with E-state index in [-0.39, 0.29) is 16.3 Å². The first kappa shape index (κ1) is 13.6. The zero-order valence-electron chi connectivity index (χ0n) is 10.3. The quantitative estimate of drug-likeness (QED) is 0.654. The van der Waals surface area contributed by atoms with Crippen LogP contribution in [0.15, 0.2) is 12.1 Å². The minimum Gasteiger partial charge on any atom is -0.497 e. The summed E-state index contributed by atoms with van der Waals surface area (Å²) in [5.74, 6) is -0.0548. The summed E-state index contributed by atoms with van der Waals surface area (Å²) in [5.41, 5.74) is 5.58. The molecule has 0 aliphatic heterocycles. The molecule has 17 heavy (non-hydrogen) atoms. The SMILES string of the molecule is COc1cc(N)c(Cl)c(C(=O)OC(C)(C)C)c1. The number of rotatable bonds is 2. The van der Waals surface area contributed by atoms with Crippen LogP contribution >= 0.6 is 11.6 Å². The Kier molecular flexibility index (Phi) is 3.88. The van der Waals surface area contributed by atoms with Crippen LogP contribution in [0.5, 0.6) is 5.75 Å². The molecule has 0 radical (unpaired) electrons. The molecule has 0 saturated heterocycles. The summed E-state index contributed by atoms with van der Waals surface area (Å²) in [7, 11) is 1.49. The number of hydrogen-bond donors (Lipinski definition) is 1. The predicted octanol–water partition coefficient (Wildman–Crippen LogP) is 2.89. The normalized spacial score (nSPS) is 11.1. The van der Waals surface area contributed by atoms with E-state index in [0.717, 1.165) is 0 Å². The smallest absolute Gasteiger partial charge is 0.340 e. The van der Waals surface area contributed by atoms with Gasteiger partial charge in [-0.1, -0.05) is 11.6 Å². The molecular weight excluding hydrogens is 242 g/mol. The topological polar surface area (TPSA) is 61.5 Å². The van der Waals surface area contributed by atoms with Gasteiger partial charge in [0.2, 0.25) is 0 Å². The second kappa shape index (κ2) is 4.84.